The molecule has 1 fully saturated rings. The Bertz CT molecular complexity index is 358. The first-order valence-electron chi connectivity index (χ1n) is 6.42. The summed E-state index contributed by atoms with van der Waals surface area (Å²) in [4.78, 5) is 36.5. The van der Waals surface area contributed by atoms with Gasteiger partial charge in [-0.15, -0.1) is 0 Å². The van der Waals surface area contributed by atoms with Crippen molar-refractivity contribution >= 4 is 17.8 Å². The summed E-state index contributed by atoms with van der Waals surface area (Å²) in [5, 5.41) is 2.26. The summed E-state index contributed by atoms with van der Waals surface area (Å²) < 4.78 is 0. The number of rotatable bonds is 4. The normalized spacial score (nSPS) is 21.2. The predicted octanol–water partition coefficient (Wildman–Crippen LogP) is 1.92. The molecule has 0 aliphatic carbocycles. The molecule has 0 spiro atoms. The maximum atomic E-state index is 12.1. The molecule has 4 amide bonds. The molecule has 0 aromatic heterocycles. The zero-order chi connectivity index (χ0) is 13.9. The van der Waals surface area contributed by atoms with E-state index in [4.69, 9.17) is 0 Å². The molecule has 1 aliphatic heterocycles. The third-order valence-corrected chi connectivity index (χ3v) is 3.02. The van der Waals surface area contributed by atoms with Crippen molar-refractivity contribution in [1.29, 1.82) is 0 Å². The SMILES string of the molecule is CCCC1C(=O)NC(=O)N(CCC(C)(C)C)C1=O. The van der Waals surface area contributed by atoms with Crippen LogP contribution in [-0.2, 0) is 9.59 Å². The van der Waals surface area contributed by atoms with Crippen LogP contribution in [0.4, 0.5) is 4.79 Å². The minimum atomic E-state index is -0.701. The minimum Gasteiger partial charge on any atom is -0.277 e. The standard InChI is InChI=1S/C13H22N2O3/c1-5-6-9-10(16)14-12(18)15(11(9)17)8-7-13(2,3)4/h9H,5-8H2,1-4H3,(H,14,16,18). The van der Waals surface area contributed by atoms with Crippen LogP contribution < -0.4 is 5.32 Å². The smallest absolute Gasteiger partial charge is 0.277 e. The molecule has 5 heteroatoms. The van der Waals surface area contributed by atoms with Crippen molar-refractivity contribution < 1.29 is 14.4 Å². The highest BCUT2D eigenvalue weighted by Gasteiger charge is 2.39. The number of nitrogens with one attached hydrogen (secondary N) is 1. The molecule has 0 aromatic rings. The zero-order valence-electron chi connectivity index (χ0n) is 11.6. The van der Waals surface area contributed by atoms with E-state index in [0.717, 1.165) is 12.8 Å². The van der Waals surface area contributed by atoms with Gasteiger partial charge in [-0.1, -0.05) is 34.1 Å². The van der Waals surface area contributed by atoms with Gasteiger partial charge in [0, 0.05) is 6.54 Å². The molecule has 18 heavy (non-hydrogen) atoms. The number of hydrogen-bond donors (Lipinski definition) is 1. The van der Waals surface area contributed by atoms with Gasteiger partial charge >= 0.3 is 6.03 Å². The first-order chi connectivity index (χ1) is 8.26. The lowest BCUT2D eigenvalue weighted by Crippen LogP contribution is -2.58. The predicted molar refractivity (Wildman–Crippen MR) is 67.7 cm³/mol. The molecular formula is C13H22N2O3. The lowest BCUT2D eigenvalue weighted by Gasteiger charge is -2.31. The van der Waals surface area contributed by atoms with Gasteiger partial charge in [0.1, 0.15) is 5.92 Å². The van der Waals surface area contributed by atoms with Crippen molar-refractivity contribution in [1.82, 2.24) is 10.2 Å². The Morgan fingerprint density at radius 1 is 1.22 bits per heavy atom. The monoisotopic (exact) mass is 254 g/mol. The Kier molecular flexibility index (Phi) is 4.48. The molecule has 1 atom stereocenters. The summed E-state index contributed by atoms with van der Waals surface area (Å²) >= 11 is 0. The lowest BCUT2D eigenvalue weighted by atomic mass is 9.91. The summed E-state index contributed by atoms with van der Waals surface area (Å²) in [5.41, 5.74) is 0.0439. The van der Waals surface area contributed by atoms with Gasteiger partial charge in [0.2, 0.25) is 11.8 Å². The second kappa shape index (κ2) is 5.50. The summed E-state index contributed by atoms with van der Waals surface area (Å²) in [6.07, 6.45) is 1.95. The van der Waals surface area contributed by atoms with Gasteiger partial charge in [0.15, 0.2) is 0 Å². The van der Waals surface area contributed by atoms with Gasteiger partial charge in [0.05, 0.1) is 0 Å². The minimum absolute atomic E-state index is 0.0439. The van der Waals surface area contributed by atoms with Crippen LogP contribution in [0.3, 0.4) is 0 Å². The molecule has 1 rings (SSSR count). The Balaban J connectivity index is 2.74. The molecule has 0 bridgehead atoms. The molecule has 102 valence electrons. The maximum Gasteiger partial charge on any atom is 0.330 e. The van der Waals surface area contributed by atoms with Gasteiger partial charge in [-0.3, -0.25) is 19.8 Å². The average Bonchev–Trinajstić information content (AvgIpc) is 2.22. The van der Waals surface area contributed by atoms with Crippen molar-refractivity contribution in [2.24, 2.45) is 11.3 Å². The fourth-order valence-corrected chi connectivity index (χ4v) is 1.86. The molecule has 1 unspecified atom stereocenters. The number of carbonyl (C=O) groups is 3. The summed E-state index contributed by atoms with van der Waals surface area (Å²) in [6.45, 7) is 8.42. The number of carbonyl (C=O) groups excluding carboxylic acids is 3. The van der Waals surface area contributed by atoms with Crippen LogP contribution in [0, 0.1) is 11.3 Å². The maximum absolute atomic E-state index is 12.1. The molecule has 5 nitrogen and oxygen atoms in total. The van der Waals surface area contributed by atoms with E-state index in [1.165, 1.54) is 4.90 Å². The molecular weight excluding hydrogens is 232 g/mol. The molecule has 1 N–H and O–H groups in total. The number of barbiturate groups is 1. The number of amides is 4. The third-order valence-electron chi connectivity index (χ3n) is 3.02. The van der Waals surface area contributed by atoms with Gasteiger partial charge in [-0.2, -0.15) is 0 Å². The highest BCUT2D eigenvalue weighted by atomic mass is 16.2. The van der Waals surface area contributed by atoms with Crippen LogP contribution in [0.2, 0.25) is 0 Å². The quantitative estimate of drug-likeness (QED) is 0.779. The highest BCUT2D eigenvalue weighted by Crippen LogP contribution is 2.22. The van der Waals surface area contributed by atoms with Crippen molar-refractivity contribution in [3.8, 4) is 0 Å². The number of hydrogen-bond acceptors (Lipinski definition) is 3. The van der Waals surface area contributed by atoms with Crippen molar-refractivity contribution in [3.05, 3.63) is 0 Å². The van der Waals surface area contributed by atoms with Crippen molar-refractivity contribution in [3.63, 3.8) is 0 Å². The fourth-order valence-electron chi connectivity index (χ4n) is 1.86. The number of nitrogens with zero attached hydrogens (tertiary/aromatic N) is 1. The van der Waals surface area contributed by atoms with Crippen LogP contribution >= 0.6 is 0 Å². The average molecular weight is 254 g/mol. The molecule has 1 saturated heterocycles. The summed E-state index contributed by atoms with van der Waals surface area (Å²) in [5.74, 6) is -1.51. The molecule has 1 heterocycles. The number of urea groups is 1. The zero-order valence-corrected chi connectivity index (χ0v) is 11.6. The Labute approximate surface area is 108 Å². The van der Waals surface area contributed by atoms with E-state index in [0.29, 0.717) is 13.0 Å². The first-order valence-corrected chi connectivity index (χ1v) is 6.42. The van der Waals surface area contributed by atoms with Gasteiger partial charge in [-0.25, -0.2) is 4.79 Å². The van der Waals surface area contributed by atoms with Crippen LogP contribution in [-0.4, -0.2) is 29.3 Å². The van der Waals surface area contributed by atoms with Gasteiger partial charge in [0.25, 0.3) is 0 Å². The van der Waals surface area contributed by atoms with E-state index >= 15 is 0 Å². The summed E-state index contributed by atoms with van der Waals surface area (Å²) in [7, 11) is 0. The Morgan fingerprint density at radius 2 is 1.83 bits per heavy atom. The first kappa shape index (κ1) is 14.7. The van der Waals surface area contributed by atoms with Crippen molar-refractivity contribution in [2.75, 3.05) is 6.54 Å². The second-order valence-corrected chi connectivity index (χ2v) is 5.94. The van der Waals surface area contributed by atoms with E-state index in [9.17, 15) is 14.4 Å². The number of imide groups is 2. The van der Waals surface area contributed by atoms with E-state index in [-0.39, 0.29) is 11.3 Å². The van der Waals surface area contributed by atoms with Crippen molar-refractivity contribution in [2.45, 2.75) is 47.0 Å². The third kappa shape index (κ3) is 3.55. The van der Waals surface area contributed by atoms with Crippen LogP contribution in [0.1, 0.15) is 47.0 Å². The lowest BCUT2D eigenvalue weighted by molar-refractivity contribution is -0.143. The Morgan fingerprint density at radius 3 is 2.33 bits per heavy atom. The Hall–Kier alpha value is -1.39. The summed E-state index contributed by atoms with van der Waals surface area (Å²) in [6, 6.07) is -0.582. The molecule has 0 radical (unpaired) electrons. The highest BCUT2D eigenvalue weighted by molar-refractivity contribution is 6.16. The van der Waals surface area contributed by atoms with E-state index in [2.05, 4.69) is 5.32 Å². The topological polar surface area (TPSA) is 66.5 Å². The fraction of sp³-hybridized carbons (Fsp3) is 0.769. The molecule has 0 saturated carbocycles. The van der Waals surface area contributed by atoms with E-state index in [1.54, 1.807) is 0 Å². The second-order valence-electron chi connectivity index (χ2n) is 5.94. The van der Waals surface area contributed by atoms with Crippen LogP contribution in [0.5, 0.6) is 0 Å². The molecule has 0 aromatic carbocycles. The van der Waals surface area contributed by atoms with Crippen LogP contribution in [0.25, 0.3) is 0 Å². The van der Waals surface area contributed by atoms with Gasteiger partial charge in [-0.05, 0) is 18.3 Å². The van der Waals surface area contributed by atoms with E-state index in [1.807, 2.05) is 27.7 Å². The largest absolute Gasteiger partial charge is 0.330 e. The van der Waals surface area contributed by atoms with E-state index < -0.39 is 17.9 Å². The molecule has 1 aliphatic rings. The van der Waals surface area contributed by atoms with Gasteiger partial charge < -0.3 is 0 Å². The van der Waals surface area contributed by atoms with Crippen LogP contribution in [0.15, 0.2) is 0 Å².